The molecule has 146 heavy (non-hydrogen) atoms. The van der Waals surface area contributed by atoms with Gasteiger partial charge in [-0.25, -0.2) is 63.1 Å². The van der Waals surface area contributed by atoms with E-state index < -0.39 is 40.8 Å². The van der Waals surface area contributed by atoms with Gasteiger partial charge in [0.1, 0.15) is 23.3 Å². The Kier molecular flexibility index (Phi) is 25.9. The van der Waals surface area contributed by atoms with Gasteiger partial charge in [-0.3, -0.25) is 38.0 Å². The van der Waals surface area contributed by atoms with Crippen molar-refractivity contribution in [2.75, 3.05) is 13.7 Å². The van der Waals surface area contributed by atoms with Gasteiger partial charge in [0.05, 0.1) is 80.1 Å². The largest absolute Gasteiger partial charge is 0.519 e. The fraction of sp³-hybridized carbons (Fsp3) is 0.180. The number of benzene rings is 12. The van der Waals surface area contributed by atoms with E-state index in [1.165, 1.54) is 7.11 Å². The number of carboxylic acids is 1. The smallest absolute Gasteiger partial charge is 0.478 e. The minimum absolute atomic E-state index is 0.162. The number of fused-ring (bicyclic) bond motifs is 4. The molecule has 0 unspecified atom stereocenters. The fourth-order valence-electron chi connectivity index (χ4n) is 18.5. The predicted molar refractivity (Wildman–Crippen MR) is 538 cm³/mol. The summed E-state index contributed by atoms with van der Waals surface area (Å²) in [5, 5.41) is 25.1. The van der Waals surface area contributed by atoms with Crippen molar-refractivity contribution in [1.82, 2.24) is 78.8 Å². The summed E-state index contributed by atoms with van der Waals surface area (Å²) < 4.78 is 52.8. The van der Waals surface area contributed by atoms with Gasteiger partial charge in [0.25, 0.3) is 0 Å². The lowest BCUT2D eigenvalue weighted by atomic mass is 9.98. The van der Waals surface area contributed by atoms with Gasteiger partial charge < -0.3 is 46.4 Å². The number of hydrogen-bond donors (Lipinski definition) is 5. The average Bonchev–Trinajstić information content (AvgIpc) is 1.60. The van der Waals surface area contributed by atoms with E-state index in [0.29, 0.717) is 119 Å². The standard InChI is InChI=1S/C30H24N4O7.C28H24N4O4.C27H22N4O4.C26H20N4O4/c1-3-25-31-23-10-6-9-22(28(35)38-16-24-17(2)39-30(37)40-24)26(23)34(25)15-18-11-13-19(14-12-18)20-7-4-5-8-21(20)27-32-29(36)41-33-27;1-2-35-27(33)22-8-5-9-23-24(22)32(26(29-23)19-14-15-19)16-17-10-12-18(13-11-17)20-6-3-4-7-21(20)25-30-28(34)36-31-25;1-34-26(32)21-7-4-8-22-23(21)31(25(28-22)18-13-14-18)15-16-9-11-17(12-10-16)19-5-2-3-6-20(19)24-29-27(33)35-30-24;31-25(32)20-6-3-7-21-22(20)30(24(27-21)17-12-13-17)14-15-8-10-16(11-9-15)18-4-1-2-5-19(18)23-28-26(33)34-29-23/h4-14H,3,15-16H2,1-2H3,(H,32,33,36);3-13,19H,2,14-16H2,1H3,(H,30,31,34);2-12,18H,13-15H2,1H3,(H,29,30,33);1-11,17H,12-14H2,(H,31,32)(H,28,29,33). The molecular weight excluding hydrogens is 1860 g/mol. The van der Waals surface area contributed by atoms with Crippen LogP contribution in [0.25, 0.3) is 134 Å². The van der Waals surface area contributed by atoms with Crippen LogP contribution in [0.15, 0.2) is 318 Å². The number of nitrogens with one attached hydrogen (secondary N) is 4. The summed E-state index contributed by atoms with van der Waals surface area (Å²) in [6.07, 6.45) is 7.24. The number of rotatable bonds is 27. The van der Waals surface area contributed by atoms with E-state index in [-0.39, 0.29) is 35.6 Å². The molecule has 3 fully saturated rings. The van der Waals surface area contributed by atoms with E-state index in [1.54, 1.807) is 37.3 Å². The highest BCUT2D eigenvalue weighted by Gasteiger charge is 2.35. The molecule has 21 aromatic rings. The Morgan fingerprint density at radius 3 is 0.932 bits per heavy atom. The second kappa shape index (κ2) is 40.4. The molecule has 9 heterocycles. The molecule has 35 heteroatoms. The molecule has 3 aliphatic rings. The molecule has 5 N–H and O–H groups in total. The van der Waals surface area contributed by atoms with Crippen molar-refractivity contribution in [3.8, 4) is 90.1 Å². The summed E-state index contributed by atoms with van der Waals surface area (Å²) in [5.74, 6) is 1.53. The SMILES string of the molecule is CCOC(=O)c1cccc2nc(C3CC3)n(Cc3ccc(-c4ccccc4-c4noc(=O)[nH]4)cc3)c12.CCc1nc2cccc(C(=O)OCc3oc(=O)oc3C)c2n1Cc1ccc(-c2ccccc2-c2noc(=O)[nH]2)cc1.COC(=O)c1cccc2nc(C3CC3)n(Cc3ccc(-c4ccccc4-c4noc(=O)[nH]4)cc3)c12.O=C(O)c1cccc2nc(C3CC3)n(Cc3ccc(-c4ccccc4-c4noc(=O)[nH]4)cc3)c12. The molecule has 0 radical (unpaired) electrons. The van der Waals surface area contributed by atoms with Gasteiger partial charge in [-0.1, -0.05) is 246 Å². The molecule has 0 atom stereocenters. The molecule has 9 aromatic heterocycles. The summed E-state index contributed by atoms with van der Waals surface area (Å²) in [6, 6.07) is 85.0. The van der Waals surface area contributed by atoms with Crippen LogP contribution in [0.5, 0.6) is 0 Å². The molecule has 0 saturated heterocycles. The Bertz CT molecular complexity index is 8840. The summed E-state index contributed by atoms with van der Waals surface area (Å²) in [7, 11) is 1.40. The molecule has 728 valence electrons. The van der Waals surface area contributed by atoms with Gasteiger partial charge in [0.2, 0.25) is 0 Å². The number of carboxylic acid groups (broad SMARTS) is 1. The molecule has 3 saturated carbocycles. The predicted octanol–water partition coefficient (Wildman–Crippen LogP) is 19.4. The molecule has 24 rings (SSSR count). The van der Waals surface area contributed by atoms with Crippen molar-refractivity contribution >= 4 is 68.0 Å². The van der Waals surface area contributed by atoms with Crippen LogP contribution in [0.2, 0.25) is 0 Å². The van der Waals surface area contributed by atoms with Crippen molar-refractivity contribution in [1.29, 1.82) is 0 Å². The second-order valence-electron chi connectivity index (χ2n) is 35.4. The molecular formula is C111H90N16O19. The summed E-state index contributed by atoms with van der Waals surface area (Å²) >= 11 is 0. The van der Waals surface area contributed by atoms with Gasteiger partial charge in [-0.15, -0.1) is 0 Å². The molecule has 0 spiro atoms. The lowest BCUT2D eigenvalue weighted by Gasteiger charge is -2.13. The zero-order chi connectivity index (χ0) is 100. The first-order valence-electron chi connectivity index (χ1n) is 47.4. The van der Waals surface area contributed by atoms with Crippen LogP contribution in [0.4, 0.5) is 0 Å². The lowest BCUT2D eigenvalue weighted by molar-refractivity contribution is 0.0443. The van der Waals surface area contributed by atoms with Crippen molar-refractivity contribution in [2.24, 2.45) is 0 Å². The van der Waals surface area contributed by atoms with Crippen LogP contribution < -0.4 is 28.8 Å². The van der Waals surface area contributed by atoms with Gasteiger partial charge in [0.15, 0.2) is 41.4 Å². The number of aromatic amines is 4. The summed E-state index contributed by atoms with van der Waals surface area (Å²) in [4.78, 5) is 137. The van der Waals surface area contributed by atoms with Gasteiger partial charge >= 0.3 is 52.7 Å². The topological polar surface area (TPSA) is 466 Å². The first-order valence-corrected chi connectivity index (χ1v) is 47.4. The third-order valence-electron chi connectivity index (χ3n) is 25.8. The highest BCUT2D eigenvalue weighted by Crippen LogP contribution is 2.46. The average molecular weight is 1950 g/mol. The summed E-state index contributed by atoms with van der Waals surface area (Å²) in [5.41, 5.74) is 22.5. The van der Waals surface area contributed by atoms with E-state index in [0.717, 1.165) is 173 Å². The number of esters is 3. The second-order valence-corrected chi connectivity index (χ2v) is 35.4. The maximum atomic E-state index is 13.2. The van der Waals surface area contributed by atoms with Crippen LogP contribution in [-0.2, 0) is 53.4 Å². The van der Waals surface area contributed by atoms with E-state index in [2.05, 4.69) is 95.2 Å². The van der Waals surface area contributed by atoms with Crippen LogP contribution in [0, 0.1) is 6.92 Å². The fourth-order valence-corrected chi connectivity index (χ4v) is 18.5. The highest BCUT2D eigenvalue weighted by atomic mass is 16.6. The number of H-pyrrole nitrogens is 4. The number of carbonyl (C=O) groups is 4. The van der Waals surface area contributed by atoms with E-state index in [9.17, 15) is 48.3 Å². The van der Waals surface area contributed by atoms with Crippen LogP contribution >= 0.6 is 0 Å². The molecule has 35 nitrogen and oxygen atoms in total. The van der Waals surface area contributed by atoms with E-state index >= 15 is 0 Å². The third-order valence-corrected chi connectivity index (χ3v) is 25.8. The minimum Gasteiger partial charge on any atom is -0.478 e. The number of nitrogens with zero attached hydrogens (tertiary/aromatic N) is 12. The monoisotopic (exact) mass is 1950 g/mol. The number of aromatic carboxylic acids is 1. The number of imidazole rings is 4. The number of ether oxygens (including phenoxy) is 3. The van der Waals surface area contributed by atoms with Gasteiger partial charge in [-0.05, 0) is 168 Å². The number of carbonyl (C=O) groups excluding carboxylic acids is 3. The number of aromatic nitrogens is 16. The van der Waals surface area contributed by atoms with Gasteiger partial charge in [0, 0.05) is 72.6 Å². The van der Waals surface area contributed by atoms with E-state index in [4.69, 9.17) is 56.6 Å². The molecule has 3 aliphatic carbocycles. The van der Waals surface area contributed by atoms with Crippen molar-refractivity contribution in [2.45, 2.75) is 116 Å². The number of methoxy groups -OCH3 is 1. The molecule has 0 amide bonds. The third kappa shape index (κ3) is 19.6. The normalized spacial score (nSPS) is 12.7. The van der Waals surface area contributed by atoms with Crippen LogP contribution in [-0.4, -0.2) is 121 Å². The zero-order valence-electron chi connectivity index (χ0n) is 79.0. The Labute approximate surface area is 826 Å². The molecule has 0 aliphatic heterocycles. The molecule has 12 aromatic carbocycles. The van der Waals surface area contributed by atoms with Gasteiger partial charge in [-0.2, -0.15) is 0 Å². The Morgan fingerprint density at radius 2 is 0.644 bits per heavy atom. The first kappa shape index (κ1) is 93.5. The molecule has 0 bridgehead atoms. The minimum atomic E-state index is -0.952. The Balaban J connectivity index is 0.000000115. The van der Waals surface area contributed by atoms with Crippen molar-refractivity contribution in [3.05, 3.63) is 399 Å². The zero-order valence-corrected chi connectivity index (χ0v) is 79.0. The van der Waals surface area contributed by atoms with Crippen LogP contribution in [0.3, 0.4) is 0 Å². The van der Waals surface area contributed by atoms with E-state index in [1.807, 2.05) is 219 Å². The number of hydrogen-bond acceptors (Lipinski definition) is 26. The summed E-state index contributed by atoms with van der Waals surface area (Å²) in [6.45, 7) is 7.67. The van der Waals surface area contributed by atoms with Crippen LogP contribution in [0.1, 0.15) is 169 Å². The maximum Gasteiger partial charge on any atom is 0.519 e. The highest BCUT2D eigenvalue weighted by molar-refractivity contribution is 6.05. The first-order chi connectivity index (χ1) is 71.2. The lowest BCUT2D eigenvalue weighted by Crippen LogP contribution is -2.10. The number of para-hydroxylation sites is 4. The Hall–Kier alpha value is -18.8. The van der Waals surface area contributed by atoms with Crippen molar-refractivity contribution in [3.63, 3.8) is 0 Å². The maximum absolute atomic E-state index is 13.2. The van der Waals surface area contributed by atoms with Crippen molar-refractivity contribution < 1.29 is 65.4 Å². The quantitative estimate of drug-likeness (QED) is 0.0236. The Morgan fingerprint density at radius 1 is 0.349 bits per heavy atom. The number of aryl methyl sites for hydroxylation is 2.